The van der Waals surface area contributed by atoms with E-state index in [0.717, 1.165) is 16.0 Å². The lowest BCUT2D eigenvalue weighted by atomic mass is 9.89. The van der Waals surface area contributed by atoms with Gasteiger partial charge in [-0.05, 0) is 25.1 Å². The lowest BCUT2D eigenvalue weighted by molar-refractivity contribution is -0.116. The zero-order valence-electron chi connectivity index (χ0n) is 18.1. The van der Waals surface area contributed by atoms with E-state index in [1.165, 1.54) is 32.7 Å². The molecule has 1 atom stereocenters. The van der Waals surface area contributed by atoms with Crippen LogP contribution in [0.2, 0.25) is 0 Å². The molecule has 1 amide bonds. The lowest BCUT2D eigenvalue weighted by Gasteiger charge is -2.26. The van der Waals surface area contributed by atoms with E-state index in [9.17, 15) is 13.2 Å². The SMILES string of the molecule is COc1cc(OC)c([C@@H]2CC(=O)Nc3c(S(=O)(=O)c4ccc(C)cc4)csc32)cc1OC. The topological polar surface area (TPSA) is 90.9 Å². The number of hydrogen-bond acceptors (Lipinski definition) is 7. The summed E-state index contributed by atoms with van der Waals surface area (Å²) in [5.74, 6) is 0.880. The van der Waals surface area contributed by atoms with Crippen molar-refractivity contribution in [2.45, 2.75) is 29.1 Å². The van der Waals surface area contributed by atoms with Crippen molar-refractivity contribution in [3.63, 3.8) is 0 Å². The summed E-state index contributed by atoms with van der Waals surface area (Å²) in [6.45, 7) is 1.89. The summed E-state index contributed by atoms with van der Waals surface area (Å²) in [5, 5.41) is 4.37. The normalized spacial score (nSPS) is 15.6. The number of benzene rings is 2. The molecule has 4 rings (SSSR count). The van der Waals surface area contributed by atoms with Crippen molar-refractivity contribution in [1.29, 1.82) is 0 Å². The van der Waals surface area contributed by atoms with E-state index in [0.29, 0.717) is 22.9 Å². The minimum Gasteiger partial charge on any atom is -0.496 e. The van der Waals surface area contributed by atoms with Crippen LogP contribution in [0.4, 0.5) is 5.69 Å². The highest BCUT2D eigenvalue weighted by molar-refractivity contribution is 7.91. The van der Waals surface area contributed by atoms with Crippen molar-refractivity contribution in [3.05, 3.63) is 57.8 Å². The van der Waals surface area contributed by atoms with E-state index in [1.807, 2.05) is 6.92 Å². The molecular formula is C23H23NO6S2. The predicted octanol–water partition coefficient (Wildman–Crippen LogP) is 4.39. The van der Waals surface area contributed by atoms with E-state index < -0.39 is 9.84 Å². The first-order valence-electron chi connectivity index (χ1n) is 9.83. The highest BCUT2D eigenvalue weighted by Gasteiger charge is 2.36. The number of rotatable bonds is 6. The molecule has 0 bridgehead atoms. The molecule has 1 aliphatic heterocycles. The van der Waals surface area contributed by atoms with E-state index in [1.54, 1.807) is 41.8 Å². The third-order valence-corrected chi connectivity index (χ3v) is 8.53. The maximum Gasteiger partial charge on any atom is 0.225 e. The fourth-order valence-corrected chi connectivity index (χ4v) is 6.72. The first-order chi connectivity index (χ1) is 15.3. The Morgan fingerprint density at radius 1 is 0.969 bits per heavy atom. The van der Waals surface area contributed by atoms with Gasteiger partial charge in [-0.15, -0.1) is 11.3 Å². The second-order valence-corrected chi connectivity index (χ2v) is 10.2. The minimum atomic E-state index is -3.80. The molecule has 2 heterocycles. The zero-order chi connectivity index (χ0) is 23.0. The molecule has 0 radical (unpaired) electrons. The summed E-state index contributed by atoms with van der Waals surface area (Å²) in [5.41, 5.74) is 2.02. The van der Waals surface area contributed by atoms with Crippen molar-refractivity contribution >= 4 is 32.8 Å². The molecule has 0 fully saturated rings. The van der Waals surface area contributed by atoms with Gasteiger partial charge in [-0.25, -0.2) is 8.42 Å². The minimum absolute atomic E-state index is 0.0962. The largest absolute Gasteiger partial charge is 0.496 e. The smallest absolute Gasteiger partial charge is 0.225 e. The zero-order valence-corrected chi connectivity index (χ0v) is 19.7. The number of methoxy groups -OCH3 is 3. The number of carbonyl (C=O) groups excluding carboxylic acids is 1. The van der Waals surface area contributed by atoms with Gasteiger partial charge >= 0.3 is 0 Å². The summed E-state index contributed by atoms with van der Waals surface area (Å²) in [6.07, 6.45) is 0.156. The Kier molecular flexibility index (Phi) is 5.87. The molecule has 0 unspecified atom stereocenters. The second-order valence-electron chi connectivity index (χ2n) is 7.41. The molecule has 32 heavy (non-hydrogen) atoms. The van der Waals surface area contributed by atoms with Gasteiger partial charge in [0.05, 0.1) is 31.9 Å². The van der Waals surface area contributed by atoms with Crippen LogP contribution in [-0.2, 0) is 14.6 Å². The number of hydrogen-bond donors (Lipinski definition) is 1. The number of ether oxygens (including phenoxy) is 3. The van der Waals surface area contributed by atoms with Gasteiger partial charge in [-0.1, -0.05) is 17.7 Å². The van der Waals surface area contributed by atoms with E-state index >= 15 is 0 Å². The molecule has 1 aromatic heterocycles. The van der Waals surface area contributed by atoms with Crippen LogP contribution >= 0.6 is 11.3 Å². The second kappa shape index (κ2) is 8.48. The highest BCUT2D eigenvalue weighted by atomic mass is 32.2. The van der Waals surface area contributed by atoms with Gasteiger partial charge in [0.15, 0.2) is 11.5 Å². The van der Waals surface area contributed by atoms with E-state index in [2.05, 4.69) is 5.32 Å². The van der Waals surface area contributed by atoms with Crippen LogP contribution in [-0.4, -0.2) is 35.7 Å². The third kappa shape index (κ3) is 3.71. The van der Waals surface area contributed by atoms with Crippen LogP contribution in [0.5, 0.6) is 17.2 Å². The molecule has 2 aromatic carbocycles. The maximum atomic E-state index is 13.3. The first-order valence-corrected chi connectivity index (χ1v) is 12.2. The Labute approximate surface area is 190 Å². The monoisotopic (exact) mass is 473 g/mol. The molecule has 9 heteroatoms. The van der Waals surface area contributed by atoms with Gasteiger partial charge in [0.2, 0.25) is 15.7 Å². The maximum absolute atomic E-state index is 13.3. The van der Waals surface area contributed by atoms with Crippen molar-refractivity contribution < 1.29 is 27.4 Å². The Bertz CT molecular complexity index is 1280. The molecule has 1 N–H and O–H groups in total. The van der Waals surface area contributed by atoms with Gasteiger partial charge < -0.3 is 19.5 Å². The average molecular weight is 474 g/mol. The number of anilines is 1. The van der Waals surface area contributed by atoms with Gasteiger partial charge in [0.1, 0.15) is 10.6 Å². The Morgan fingerprint density at radius 2 is 1.59 bits per heavy atom. The molecule has 3 aromatic rings. The van der Waals surface area contributed by atoms with Crippen LogP contribution in [0.1, 0.15) is 28.3 Å². The van der Waals surface area contributed by atoms with E-state index in [-0.39, 0.29) is 28.0 Å². The number of amides is 1. The number of nitrogens with one attached hydrogen (secondary N) is 1. The van der Waals surface area contributed by atoms with Crippen LogP contribution in [0.15, 0.2) is 51.6 Å². The summed E-state index contributed by atoms with van der Waals surface area (Å²) < 4.78 is 43.0. The van der Waals surface area contributed by atoms with Crippen molar-refractivity contribution in [2.75, 3.05) is 26.6 Å². The summed E-state index contributed by atoms with van der Waals surface area (Å²) >= 11 is 1.30. The Morgan fingerprint density at radius 3 is 2.22 bits per heavy atom. The van der Waals surface area contributed by atoms with Crippen molar-refractivity contribution in [2.24, 2.45) is 0 Å². The van der Waals surface area contributed by atoms with Gasteiger partial charge in [0.25, 0.3) is 0 Å². The fraction of sp³-hybridized carbons (Fsp3) is 0.261. The number of fused-ring (bicyclic) bond motifs is 1. The quantitative estimate of drug-likeness (QED) is 0.571. The molecule has 1 aliphatic rings. The van der Waals surface area contributed by atoms with Crippen LogP contribution < -0.4 is 19.5 Å². The van der Waals surface area contributed by atoms with E-state index in [4.69, 9.17) is 14.2 Å². The summed E-state index contributed by atoms with van der Waals surface area (Å²) in [4.78, 5) is 13.7. The molecule has 0 aliphatic carbocycles. The predicted molar refractivity (Wildman–Crippen MR) is 122 cm³/mol. The number of sulfone groups is 1. The van der Waals surface area contributed by atoms with Gasteiger partial charge in [0, 0.05) is 34.2 Å². The van der Waals surface area contributed by atoms with Gasteiger partial charge in [-0.3, -0.25) is 4.79 Å². The van der Waals surface area contributed by atoms with Gasteiger partial charge in [-0.2, -0.15) is 0 Å². The first kappa shape index (κ1) is 22.2. The standard InChI is InChI=1S/C23H23NO6S2/c1-13-5-7-14(8-6-13)32(26,27)20-12-31-23-16(10-21(25)24-22(20)23)15-9-18(29-3)19(30-4)11-17(15)28-2/h5-9,11-12,16H,10H2,1-4H3,(H,24,25)/t16-/m0/s1. The van der Waals surface area contributed by atoms with Crippen LogP contribution in [0.3, 0.4) is 0 Å². The Balaban J connectivity index is 1.86. The fourth-order valence-electron chi connectivity index (χ4n) is 3.82. The number of carbonyl (C=O) groups is 1. The lowest BCUT2D eigenvalue weighted by Crippen LogP contribution is -2.23. The van der Waals surface area contributed by atoms with Crippen LogP contribution in [0, 0.1) is 6.92 Å². The summed E-state index contributed by atoms with van der Waals surface area (Å²) in [6, 6.07) is 10.1. The van der Waals surface area contributed by atoms with Crippen molar-refractivity contribution in [3.8, 4) is 17.2 Å². The molecule has 0 saturated carbocycles. The Hall–Kier alpha value is -3.04. The molecular weight excluding hydrogens is 450 g/mol. The average Bonchev–Trinajstić information content (AvgIpc) is 3.22. The summed E-state index contributed by atoms with van der Waals surface area (Å²) in [7, 11) is 0.800. The molecule has 168 valence electrons. The number of aryl methyl sites for hydroxylation is 1. The molecule has 7 nitrogen and oxygen atoms in total. The third-order valence-electron chi connectivity index (χ3n) is 5.49. The molecule has 0 spiro atoms. The highest BCUT2D eigenvalue weighted by Crippen LogP contribution is 2.49. The van der Waals surface area contributed by atoms with Crippen molar-refractivity contribution in [1.82, 2.24) is 0 Å². The van der Waals surface area contributed by atoms with Crippen LogP contribution in [0.25, 0.3) is 0 Å². The number of thiophene rings is 1. The molecule has 0 saturated heterocycles.